The molecular weight excluding hydrogens is 234 g/mol. The Morgan fingerprint density at radius 2 is 2.11 bits per heavy atom. The van der Waals surface area contributed by atoms with E-state index in [1.165, 1.54) is 32.4 Å². The highest BCUT2D eigenvalue weighted by Gasteiger charge is 2.26. The molecule has 0 aromatic rings. The van der Waals surface area contributed by atoms with E-state index in [0.29, 0.717) is 0 Å². The fourth-order valence-electron chi connectivity index (χ4n) is 3.05. The summed E-state index contributed by atoms with van der Waals surface area (Å²) in [6.07, 6.45) is 7.05. The zero-order valence-electron chi connectivity index (χ0n) is 13.0. The van der Waals surface area contributed by atoms with Gasteiger partial charge in [-0.3, -0.25) is 5.32 Å². The molecule has 0 bridgehead atoms. The van der Waals surface area contributed by atoms with Crippen LogP contribution in [0.1, 0.15) is 59.3 Å². The largest absolute Gasteiger partial charge is 0.303 e. The summed E-state index contributed by atoms with van der Waals surface area (Å²) in [5, 5.41) is 12.8. The average molecular weight is 265 g/mol. The van der Waals surface area contributed by atoms with E-state index in [4.69, 9.17) is 0 Å². The van der Waals surface area contributed by atoms with Crippen molar-refractivity contribution in [3.05, 3.63) is 0 Å². The lowest BCUT2D eigenvalue weighted by molar-refractivity contribution is 0.259. The Balaban J connectivity index is 2.33. The Kier molecular flexibility index (Phi) is 7.41. The van der Waals surface area contributed by atoms with Crippen LogP contribution in [0, 0.1) is 17.2 Å². The van der Waals surface area contributed by atoms with Gasteiger partial charge < -0.3 is 4.90 Å². The van der Waals surface area contributed by atoms with Gasteiger partial charge in [-0.05, 0) is 70.6 Å². The topological polar surface area (TPSA) is 39.1 Å². The number of hydrogen-bond acceptors (Lipinski definition) is 3. The first-order valence-corrected chi connectivity index (χ1v) is 8.04. The van der Waals surface area contributed by atoms with Gasteiger partial charge in [0, 0.05) is 0 Å². The molecule has 3 heteroatoms. The first kappa shape index (κ1) is 16.5. The lowest BCUT2D eigenvalue weighted by atomic mass is 9.92. The molecule has 1 fully saturated rings. The van der Waals surface area contributed by atoms with Gasteiger partial charge >= 0.3 is 0 Å². The Morgan fingerprint density at radius 1 is 1.32 bits per heavy atom. The van der Waals surface area contributed by atoms with Gasteiger partial charge in [-0.2, -0.15) is 5.26 Å². The first-order valence-electron chi connectivity index (χ1n) is 8.04. The Morgan fingerprint density at radius 3 is 2.74 bits per heavy atom. The second-order valence-electron chi connectivity index (χ2n) is 6.06. The van der Waals surface area contributed by atoms with Gasteiger partial charge in [0.15, 0.2) is 0 Å². The minimum atomic E-state index is -0.298. The third kappa shape index (κ3) is 5.50. The standard InChI is InChI=1S/C16H31N3/c1-4-16(14-17,18-5-2)10-7-12-19-11-6-8-15(3)9-13-19/h15,18H,4-13H2,1-3H3. The molecule has 0 aromatic heterocycles. The summed E-state index contributed by atoms with van der Waals surface area (Å²) in [4.78, 5) is 2.59. The lowest BCUT2D eigenvalue weighted by Crippen LogP contribution is -2.43. The van der Waals surface area contributed by atoms with Gasteiger partial charge in [-0.25, -0.2) is 0 Å². The van der Waals surface area contributed by atoms with Crippen molar-refractivity contribution in [2.45, 2.75) is 64.8 Å². The second kappa shape index (κ2) is 8.55. The smallest absolute Gasteiger partial charge is 0.106 e. The molecule has 1 aliphatic heterocycles. The molecule has 1 aliphatic rings. The van der Waals surface area contributed by atoms with Gasteiger partial charge in [-0.15, -0.1) is 0 Å². The van der Waals surface area contributed by atoms with E-state index in [9.17, 15) is 5.26 Å². The van der Waals surface area contributed by atoms with Gasteiger partial charge in [0.1, 0.15) is 5.54 Å². The van der Waals surface area contributed by atoms with Crippen molar-refractivity contribution in [1.29, 1.82) is 5.26 Å². The van der Waals surface area contributed by atoms with E-state index in [1.807, 2.05) is 0 Å². The van der Waals surface area contributed by atoms with Gasteiger partial charge in [0.25, 0.3) is 0 Å². The zero-order valence-corrected chi connectivity index (χ0v) is 13.0. The van der Waals surface area contributed by atoms with Crippen LogP contribution < -0.4 is 5.32 Å². The van der Waals surface area contributed by atoms with Gasteiger partial charge in [0.05, 0.1) is 6.07 Å². The fourth-order valence-corrected chi connectivity index (χ4v) is 3.05. The third-order valence-electron chi connectivity index (χ3n) is 4.52. The number of likely N-dealkylation sites (tertiary alicyclic amines) is 1. The quantitative estimate of drug-likeness (QED) is 0.768. The maximum atomic E-state index is 9.40. The molecule has 19 heavy (non-hydrogen) atoms. The van der Waals surface area contributed by atoms with Crippen molar-refractivity contribution in [2.75, 3.05) is 26.2 Å². The lowest BCUT2D eigenvalue weighted by Gasteiger charge is -2.28. The molecule has 0 aromatic carbocycles. The predicted octanol–water partition coefficient (Wildman–Crippen LogP) is 3.17. The number of nitrogens with one attached hydrogen (secondary N) is 1. The SMILES string of the molecule is CCNC(C#N)(CC)CCCN1CCCC(C)CC1. The molecule has 0 radical (unpaired) electrons. The van der Waals surface area contributed by atoms with Gasteiger partial charge in [-0.1, -0.05) is 20.8 Å². The molecule has 1 saturated heterocycles. The van der Waals surface area contributed by atoms with Crippen LogP contribution in [0.3, 0.4) is 0 Å². The molecule has 2 unspecified atom stereocenters. The minimum Gasteiger partial charge on any atom is -0.303 e. The maximum absolute atomic E-state index is 9.40. The summed E-state index contributed by atoms with van der Waals surface area (Å²) in [6, 6.07) is 2.49. The normalized spacial score (nSPS) is 24.4. The summed E-state index contributed by atoms with van der Waals surface area (Å²) in [6.45, 7) is 11.1. The molecule has 110 valence electrons. The van der Waals surface area contributed by atoms with Gasteiger partial charge in [0.2, 0.25) is 0 Å². The van der Waals surface area contributed by atoms with Crippen LogP contribution in [0.15, 0.2) is 0 Å². The molecule has 0 aliphatic carbocycles. The van der Waals surface area contributed by atoms with E-state index < -0.39 is 0 Å². The number of hydrogen-bond donors (Lipinski definition) is 1. The second-order valence-corrected chi connectivity index (χ2v) is 6.06. The van der Waals surface area contributed by atoms with Crippen LogP contribution in [-0.2, 0) is 0 Å². The number of rotatable bonds is 7. The van der Waals surface area contributed by atoms with Crippen molar-refractivity contribution in [3.63, 3.8) is 0 Å². The van der Waals surface area contributed by atoms with E-state index in [1.54, 1.807) is 0 Å². The van der Waals surface area contributed by atoms with Crippen LogP contribution in [-0.4, -0.2) is 36.6 Å². The molecule has 0 saturated carbocycles. The molecular formula is C16H31N3. The zero-order chi connectivity index (χ0) is 14.1. The molecule has 3 nitrogen and oxygen atoms in total. The average Bonchev–Trinajstić information content (AvgIpc) is 2.63. The first-order chi connectivity index (χ1) is 9.15. The Labute approximate surface area is 119 Å². The Hall–Kier alpha value is -0.590. The van der Waals surface area contributed by atoms with Crippen LogP contribution >= 0.6 is 0 Å². The third-order valence-corrected chi connectivity index (χ3v) is 4.52. The molecule has 1 rings (SSSR count). The van der Waals surface area contributed by atoms with Crippen molar-refractivity contribution >= 4 is 0 Å². The van der Waals surface area contributed by atoms with Crippen LogP contribution in [0.5, 0.6) is 0 Å². The maximum Gasteiger partial charge on any atom is 0.106 e. The van der Waals surface area contributed by atoms with E-state index in [0.717, 1.165) is 38.3 Å². The fraction of sp³-hybridized carbons (Fsp3) is 0.938. The number of nitrogens with zero attached hydrogens (tertiary/aromatic N) is 2. The van der Waals surface area contributed by atoms with Crippen molar-refractivity contribution in [1.82, 2.24) is 10.2 Å². The highest BCUT2D eigenvalue weighted by Crippen LogP contribution is 2.19. The van der Waals surface area contributed by atoms with E-state index in [2.05, 4.69) is 37.1 Å². The van der Waals surface area contributed by atoms with Crippen LogP contribution in [0.2, 0.25) is 0 Å². The minimum absolute atomic E-state index is 0.298. The monoisotopic (exact) mass is 265 g/mol. The van der Waals surface area contributed by atoms with Crippen LogP contribution in [0.4, 0.5) is 0 Å². The molecule has 0 amide bonds. The highest BCUT2D eigenvalue weighted by molar-refractivity contribution is 5.06. The number of nitriles is 1. The van der Waals surface area contributed by atoms with E-state index >= 15 is 0 Å². The summed E-state index contributed by atoms with van der Waals surface area (Å²) in [5.41, 5.74) is -0.298. The summed E-state index contributed by atoms with van der Waals surface area (Å²) in [5.74, 6) is 0.889. The molecule has 0 spiro atoms. The van der Waals surface area contributed by atoms with Crippen molar-refractivity contribution < 1.29 is 0 Å². The molecule has 1 N–H and O–H groups in total. The molecule has 1 heterocycles. The summed E-state index contributed by atoms with van der Waals surface area (Å²) in [7, 11) is 0. The summed E-state index contributed by atoms with van der Waals surface area (Å²) >= 11 is 0. The Bertz CT molecular complexity index is 284. The predicted molar refractivity (Wildman–Crippen MR) is 81.0 cm³/mol. The van der Waals surface area contributed by atoms with Crippen molar-refractivity contribution in [3.8, 4) is 6.07 Å². The summed E-state index contributed by atoms with van der Waals surface area (Å²) < 4.78 is 0. The highest BCUT2D eigenvalue weighted by atomic mass is 15.1. The van der Waals surface area contributed by atoms with Crippen LogP contribution in [0.25, 0.3) is 0 Å². The molecule has 2 atom stereocenters. The van der Waals surface area contributed by atoms with Crippen molar-refractivity contribution in [2.24, 2.45) is 5.92 Å². The van der Waals surface area contributed by atoms with E-state index in [-0.39, 0.29) is 5.54 Å².